The minimum absolute atomic E-state index is 0.113. The van der Waals surface area contributed by atoms with Gasteiger partial charge in [0.05, 0.1) is 4.90 Å². The highest BCUT2D eigenvalue weighted by Crippen LogP contribution is 2.22. The van der Waals surface area contributed by atoms with E-state index in [1.807, 2.05) is 6.92 Å². The maximum atomic E-state index is 12.7. The molecule has 0 radical (unpaired) electrons. The Hall–Kier alpha value is -2.49. The molecule has 1 aliphatic rings. The van der Waals surface area contributed by atoms with Crippen LogP contribution in [0.3, 0.4) is 0 Å². The Bertz CT molecular complexity index is 1000. The molecule has 1 aliphatic heterocycles. The van der Waals surface area contributed by atoms with Crippen molar-refractivity contribution in [2.75, 3.05) is 18.4 Å². The third kappa shape index (κ3) is 5.75. The molecule has 0 unspecified atom stereocenters. The molecule has 9 heteroatoms. The van der Waals surface area contributed by atoms with Crippen LogP contribution < -0.4 is 10.6 Å². The van der Waals surface area contributed by atoms with Crippen LogP contribution in [0.5, 0.6) is 0 Å². The molecular weight excluding hydrogens is 410 g/mol. The lowest BCUT2D eigenvalue weighted by Gasteiger charge is -2.25. The number of carbonyl (C=O) groups excluding carboxylic acids is 1. The summed E-state index contributed by atoms with van der Waals surface area (Å²) in [6.45, 7) is 2.94. The lowest BCUT2D eigenvalue weighted by atomic mass is 10.2. The van der Waals surface area contributed by atoms with Crippen LogP contribution in [0, 0.1) is 6.92 Å². The molecule has 154 valence electrons. The molecule has 1 amide bonds. The fourth-order valence-corrected chi connectivity index (χ4v) is 4.72. The van der Waals surface area contributed by atoms with Crippen molar-refractivity contribution >= 4 is 45.0 Å². The summed E-state index contributed by atoms with van der Waals surface area (Å²) in [6, 6.07) is 9.88. The third-order valence-electron chi connectivity index (χ3n) is 4.46. The molecule has 29 heavy (non-hydrogen) atoms. The molecule has 1 aromatic heterocycles. The van der Waals surface area contributed by atoms with Crippen LogP contribution in [0.4, 0.5) is 5.69 Å². The van der Waals surface area contributed by atoms with Crippen molar-refractivity contribution in [3.05, 3.63) is 54.0 Å². The smallest absolute Gasteiger partial charge is 0.250 e. The summed E-state index contributed by atoms with van der Waals surface area (Å²) >= 11 is 5.13. The van der Waals surface area contributed by atoms with E-state index in [0.29, 0.717) is 24.5 Å². The predicted octanol–water partition coefficient (Wildman–Crippen LogP) is 3.29. The first kappa shape index (κ1) is 21.2. The number of piperidine rings is 1. The lowest BCUT2D eigenvalue weighted by Crippen LogP contribution is -2.35. The first-order valence-corrected chi connectivity index (χ1v) is 11.2. The maximum absolute atomic E-state index is 12.7. The minimum Gasteiger partial charge on any atom is -0.462 e. The Morgan fingerprint density at radius 2 is 1.79 bits per heavy atom. The van der Waals surface area contributed by atoms with Crippen molar-refractivity contribution in [2.45, 2.75) is 31.1 Å². The molecule has 2 N–H and O–H groups in total. The van der Waals surface area contributed by atoms with Crippen molar-refractivity contribution in [1.82, 2.24) is 9.62 Å². The number of aryl methyl sites for hydroxylation is 1. The van der Waals surface area contributed by atoms with Gasteiger partial charge in [-0.1, -0.05) is 6.42 Å². The monoisotopic (exact) mass is 433 g/mol. The summed E-state index contributed by atoms with van der Waals surface area (Å²) in [4.78, 5) is 12.2. The van der Waals surface area contributed by atoms with Gasteiger partial charge in [0.15, 0.2) is 5.11 Å². The third-order valence-corrected chi connectivity index (χ3v) is 6.58. The van der Waals surface area contributed by atoms with Crippen molar-refractivity contribution < 1.29 is 17.6 Å². The van der Waals surface area contributed by atoms with Crippen LogP contribution in [0.2, 0.25) is 0 Å². The number of furan rings is 1. The molecule has 2 heterocycles. The number of carbonyl (C=O) groups is 1. The Balaban J connectivity index is 1.55. The van der Waals surface area contributed by atoms with Crippen molar-refractivity contribution in [2.24, 2.45) is 0 Å². The van der Waals surface area contributed by atoms with E-state index in [9.17, 15) is 13.2 Å². The fourth-order valence-electron chi connectivity index (χ4n) is 2.98. The van der Waals surface area contributed by atoms with Crippen LogP contribution in [0.15, 0.2) is 51.8 Å². The van der Waals surface area contributed by atoms with Crippen LogP contribution in [0.25, 0.3) is 6.08 Å². The van der Waals surface area contributed by atoms with E-state index in [-0.39, 0.29) is 10.0 Å². The standard InChI is InChI=1S/C20H23N3O4S2/c1-15-5-8-17(27-15)9-12-19(24)22-20(28)21-16-6-10-18(11-7-16)29(25,26)23-13-3-2-4-14-23/h5-12H,2-4,13-14H2,1H3,(H2,21,22,24,28). The van der Waals surface area contributed by atoms with Crippen molar-refractivity contribution in [3.63, 3.8) is 0 Å². The van der Waals surface area contributed by atoms with Gasteiger partial charge in [0.1, 0.15) is 11.5 Å². The number of benzene rings is 1. The summed E-state index contributed by atoms with van der Waals surface area (Å²) in [5, 5.41) is 5.51. The zero-order valence-electron chi connectivity index (χ0n) is 16.1. The van der Waals surface area contributed by atoms with Gasteiger partial charge in [-0.25, -0.2) is 8.42 Å². The van der Waals surface area contributed by atoms with E-state index >= 15 is 0 Å². The molecule has 2 aromatic rings. The van der Waals surface area contributed by atoms with E-state index in [0.717, 1.165) is 25.0 Å². The second-order valence-electron chi connectivity index (χ2n) is 6.71. The van der Waals surface area contributed by atoms with E-state index in [4.69, 9.17) is 16.6 Å². The van der Waals surface area contributed by atoms with Gasteiger partial charge in [0.25, 0.3) is 0 Å². The van der Waals surface area contributed by atoms with Crippen LogP contribution in [0.1, 0.15) is 30.8 Å². The highest BCUT2D eigenvalue weighted by molar-refractivity contribution is 7.89. The Morgan fingerprint density at radius 1 is 1.10 bits per heavy atom. The number of hydrogen-bond donors (Lipinski definition) is 2. The lowest BCUT2D eigenvalue weighted by molar-refractivity contribution is -0.115. The van der Waals surface area contributed by atoms with Crippen molar-refractivity contribution in [1.29, 1.82) is 0 Å². The second-order valence-corrected chi connectivity index (χ2v) is 9.06. The molecule has 0 spiro atoms. The molecule has 1 fully saturated rings. The van der Waals surface area contributed by atoms with Crippen molar-refractivity contribution in [3.8, 4) is 0 Å². The van der Waals surface area contributed by atoms with Gasteiger partial charge in [-0.15, -0.1) is 0 Å². The SMILES string of the molecule is Cc1ccc(C=CC(=O)NC(=S)Nc2ccc(S(=O)(=O)N3CCCCC3)cc2)o1. The molecule has 1 saturated heterocycles. The van der Waals surface area contributed by atoms with Gasteiger partial charge >= 0.3 is 0 Å². The normalized spacial score (nSPS) is 15.3. The maximum Gasteiger partial charge on any atom is 0.250 e. The fraction of sp³-hybridized carbons (Fsp3) is 0.300. The van der Waals surface area contributed by atoms with Gasteiger partial charge in [-0.3, -0.25) is 10.1 Å². The molecule has 7 nitrogen and oxygen atoms in total. The number of nitrogens with one attached hydrogen (secondary N) is 2. The molecule has 0 saturated carbocycles. The minimum atomic E-state index is -3.47. The van der Waals surface area contributed by atoms with Gasteiger partial charge in [-0.05, 0) is 74.5 Å². The highest BCUT2D eigenvalue weighted by Gasteiger charge is 2.25. The van der Waals surface area contributed by atoms with Crippen LogP contribution in [-0.4, -0.2) is 36.8 Å². The second kappa shape index (κ2) is 9.34. The number of amides is 1. The van der Waals surface area contributed by atoms with E-state index in [1.54, 1.807) is 30.3 Å². The van der Waals surface area contributed by atoms with Crippen LogP contribution in [-0.2, 0) is 14.8 Å². The molecule has 3 rings (SSSR count). The van der Waals surface area contributed by atoms with E-state index in [1.165, 1.54) is 22.5 Å². The number of thiocarbonyl (C=S) groups is 1. The summed E-state index contributed by atoms with van der Waals surface area (Å²) in [7, 11) is -3.47. The predicted molar refractivity (Wildman–Crippen MR) is 116 cm³/mol. The summed E-state index contributed by atoms with van der Waals surface area (Å²) in [5.41, 5.74) is 0.582. The van der Waals surface area contributed by atoms with E-state index < -0.39 is 15.9 Å². The van der Waals surface area contributed by atoms with Gasteiger partial charge < -0.3 is 9.73 Å². The first-order chi connectivity index (χ1) is 13.8. The summed E-state index contributed by atoms with van der Waals surface area (Å²) in [5.74, 6) is 0.927. The molecule has 1 aromatic carbocycles. The number of sulfonamides is 1. The molecule has 0 aliphatic carbocycles. The average molecular weight is 434 g/mol. The molecule has 0 bridgehead atoms. The number of hydrogen-bond acceptors (Lipinski definition) is 5. The Morgan fingerprint density at radius 3 is 2.41 bits per heavy atom. The van der Waals surface area contributed by atoms with Crippen LogP contribution >= 0.6 is 12.2 Å². The quantitative estimate of drug-likeness (QED) is 0.555. The summed E-state index contributed by atoms with van der Waals surface area (Å²) < 4.78 is 32.2. The number of nitrogens with zero attached hydrogens (tertiary/aromatic N) is 1. The largest absolute Gasteiger partial charge is 0.462 e. The van der Waals surface area contributed by atoms with Gasteiger partial charge in [-0.2, -0.15) is 4.31 Å². The average Bonchev–Trinajstić information content (AvgIpc) is 3.12. The zero-order valence-corrected chi connectivity index (χ0v) is 17.7. The van der Waals surface area contributed by atoms with Gasteiger partial charge in [0, 0.05) is 24.9 Å². The Kier molecular flexibility index (Phi) is 6.83. The van der Waals surface area contributed by atoms with Gasteiger partial charge in [0.2, 0.25) is 15.9 Å². The molecular formula is C20H23N3O4S2. The first-order valence-electron chi connectivity index (χ1n) is 9.31. The summed E-state index contributed by atoms with van der Waals surface area (Å²) in [6.07, 6.45) is 5.71. The number of rotatable bonds is 5. The topological polar surface area (TPSA) is 91.7 Å². The zero-order chi connectivity index (χ0) is 20.9. The highest BCUT2D eigenvalue weighted by atomic mass is 32.2. The Labute approximate surface area is 175 Å². The number of anilines is 1. The van der Waals surface area contributed by atoms with E-state index in [2.05, 4.69) is 10.6 Å². The molecule has 0 atom stereocenters.